The molecule has 0 rings (SSSR count). The summed E-state index contributed by atoms with van der Waals surface area (Å²) in [5, 5.41) is 20.7. The van der Waals surface area contributed by atoms with Crippen LogP contribution in [-0.4, -0.2) is 95.9 Å². The van der Waals surface area contributed by atoms with Crippen LogP contribution in [0.2, 0.25) is 0 Å². The molecule has 0 spiro atoms. The summed E-state index contributed by atoms with van der Waals surface area (Å²) >= 11 is 0. The van der Waals surface area contributed by atoms with Gasteiger partial charge in [0.25, 0.3) is 0 Å². The first-order valence-electron chi connectivity index (χ1n) is 44.7. The Kier molecular flexibility index (Phi) is 83.4. The van der Waals surface area contributed by atoms with Gasteiger partial charge in [0.2, 0.25) is 0 Å². The predicted octanol–water partition coefficient (Wildman–Crippen LogP) is 27.4. The third-order valence-corrected chi connectivity index (χ3v) is 20.2. The smallest absolute Gasteiger partial charge is 0.463 e. The van der Waals surface area contributed by atoms with Crippen molar-refractivity contribution in [3.63, 3.8) is 0 Å². The van der Waals surface area contributed by atoms with Gasteiger partial charge in [0.15, 0.2) is 6.10 Å². The number of phosphoric acid groups is 2. The second-order valence-electron chi connectivity index (χ2n) is 29.3. The topological polar surface area (TPSA) is 231 Å². The summed E-state index contributed by atoms with van der Waals surface area (Å²) in [5.74, 6) is -1.65. The summed E-state index contributed by atoms with van der Waals surface area (Å²) in [6.45, 7) is 2.28. The predicted molar refractivity (Wildman–Crippen MR) is 481 cm³/mol. The molecule has 5 atom stereocenters. The van der Waals surface area contributed by atoms with Gasteiger partial charge < -0.3 is 34.2 Å². The van der Waals surface area contributed by atoms with Crippen LogP contribution in [0.1, 0.15) is 342 Å². The van der Waals surface area contributed by atoms with Gasteiger partial charge in [-0.25, -0.2) is 9.13 Å². The molecule has 0 aliphatic heterocycles. The molecule has 0 aromatic heterocycles. The molecule has 654 valence electrons. The van der Waals surface area contributed by atoms with Gasteiger partial charge >= 0.3 is 33.6 Å². The van der Waals surface area contributed by atoms with Crippen LogP contribution in [0.3, 0.4) is 0 Å². The zero-order valence-corrected chi connectivity index (χ0v) is 73.7. The molecule has 0 aliphatic rings. The molecule has 5 unspecified atom stereocenters. The van der Waals surface area contributed by atoms with Crippen molar-refractivity contribution in [1.29, 1.82) is 0 Å². The number of carbonyl (C=O) groups excluding carboxylic acids is 3. The van der Waals surface area contributed by atoms with Crippen molar-refractivity contribution in [3.05, 3.63) is 194 Å². The molecule has 115 heavy (non-hydrogen) atoms. The Morgan fingerprint density at radius 3 is 0.713 bits per heavy atom. The van der Waals surface area contributed by atoms with E-state index in [0.717, 1.165) is 154 Å². The summed E-state index contributed by atoms with van der Waals surface area (Å²) in [4.78, 5) is 58.9. The van der Waals surface area contributed by atoms with Crippen LogP contribution < -0.4 is 0 Å². The lowest BCUT2D eigenvalue weighted by molar-refractivity contribution is -0.161. The largest absolute Gasteiger partial charge is 0.472 e. The Balaban J connectivity index is 4.52. The van der Waals surface area contributed by atoms with Crippen LogP contribution >= 0.6 is 15.6 Å². The van der Waals surface area contributed by atoms with Crippen LogP contribution in [-0.2, 0) is 55.8 Å². The van der Waals surface area contributed by atoms with Gasteiger partial charge in [0.1, 0.15) is 25.4 Å². The summed E-state index contributed by atoms with van der Waals surface area (Å²) in [5.41, 5.74) is 0. The molecule has 0 heterocycles. The quantitative estimate of drug-likeness (QED) is 0.0146. The molecule has 4 N–H and O–H groups in total. The van der Waals surface area contributed by atoms with E-state index in [4.69, 9.17) is 32.3 Å². The first kappa shape index (κ1) is 109. The summed E-state index contributed by atoms with van der Waals surface area (Å²) in [6.07, 6.45) is 116. The highest BCUT2D eigenvalue weighted by Crippen LogP contribution is 2.45. The fraction of sp³-hybridized carbons (Fsp3) is 0.639. The highest BCUT2D eigenvalue weighted by molar-refractivity contribution is 7.47. The van der Waals surface area contributed by atoms with Crippen LogP contribution in [0.5, 0.6) is 0 Å². The van der Waals surface area contributed by atoms with Crippen molar-refractivity contribution in [2.24, 2.45) is 0 Å². The molecule has 0 bridgehead atoms. The Bertz CT molecular complexity index is 2870. The van der Waals surface area contributed by atoms with Gasteiger partial charge in [-0.1, -0.05) is 363 Å². The lowest BCUT2D eigenvalue weighted by atomic mass is 10.0. The maximum atomic E-state index is 13.0. The lowest BCUT2D eigenvalue weighted by Gasteiger charge is -2.21. The molecule has 18 heteroatoms. The third-order valence-electron chi connectivity index (χ3n) is 18.3. The van der Waals surface area contributed by atoms with Crippen LogP contribution in [0.15, 0.2) is 194 Å². The summed E-state index contributed by atoms with van der Waals surface area (Å²) in [7, 11) is -9.83. The molecular weight excluding hydrogens is 1480 g/mol. The standard InChI is InChI=1S/C97H160O16P2/c1-4-7-10-13-16-19-22-25-28-31-33-35-37-39-41-42-43-44-45-46-47-48-50-52-53-55-57-60-62-65-68-71-74-77-80-83-95(100)107-86-92(98)87-109-114(103,104)110-88-93(99)89-111-115(105,106)112-91-94(113-97(102)85-82-79-76-73-70-67-64-59-30-27-24-21-18-15-12-9-6-3)90-108-96(101)84-81-78-75-72-69-66-63-61-58-56-54-51-49-40-38-36-34-32-29-26-23-20-17-14-11-8-5-2/h7-12,16-21,25-30,33-36,39-41,43-44,49,64,67,73,76,92-94,98-99H,4-6,13-15,22-24,31-32,37-38,42,45-48,50-63,65-66,68-72,74-75,77-91H2,1-3H3,(H,103,104)(H,105,106)/b10-7-,11-8-,12-9-,19-16-,20-17-,21-18-,28-25-,29-26-,30-27-,35-33-,36-34-,41-39-,44-43-,49-40-,67-64-,76-73-. The fourth-order valence-corrected chi connectivity index (χ4v) is 13.2. The van der Waals surface area contributed by atoms with Crippen molar-refractivity contribution >= 4 is 33.6 Å². The van der Waals surface area contributed by atoms with Crippen LogP contribution in [0.4, 0.5) is 0 Å². The van der Waals surface area contributed by atoms with Gasteiger partial charge in [-0.05, 0) is 154 Å². The number of rotatable bonds is 83. The van der Waals surface area contributed by atoms with Crippen molar-refractivity contribution < 1.29 is 75.8 Å². The van der Waals surface area contributed by atoms with E-state index in [0.29, 0.717) is 25.7 Å². The summed E-state index contributed by atoms with van der Waals surface area (Å²) < 4.78 is 61.3. The van der Waals surface area contributed by atoms with Gasteiger partial charge in [-0.3, -0.25) is 32.5 Å². The van der Waals surface area contributed by atoms with E-state index in [2.05, 4.69) is 203 Å². The molecule has 0 radical (unpaired) electrons. The van der Waals surface area contributed by atoms with Gasteiger partial charge in [0, 0.05) is 19.3 Å². The molecule has 0 saturated heterocycles. The Hall–Kier alpha value is -5.61. The Morgan fingerprint density at radius 2 is 0.443 bits per heavy atom. The van der Waals surface area contributed by atoms with Crippen LogP contribution in [0, 0.1) is 0 Å². The van der Waals surface area contributed by atoms with Gasteiger partial charge in [-0.15, -0.1) is 0 Å². The first-order chi connectivity index (χ1) is 56.2. The average Bonchev–Trinajstić information content (AvgIpc) is 0.926. The van der Waals surface area contributed by atoms with E-state index in [9.17, 15) is 43.5 Å². The molecule has 0 saturated carbocycles. The highest BCUT2D eigenvalue weighted by atomic mass is 31.2. The number of ether oxygens (including phenoxy) is 3. The number of hydrogen-bond donors (Lipinski definition) is 4. The minimum absolute atomic E-state index is 0.0202. The number of esters is 3. The first-order valence-corrected chi connectivity index (χ1v) is 47.7. The minimum Gasteiger partial charge on any atom is -0.463 e. The average molecular weight is 1640 g/mol. The molecule has 0 amide bonds. The van der Waals surface area contributed by atoms with Crippen molar-refractivity contribution in [3.8, 4) is 0 Å². The maximum Gasteiger partial charge on any atom is 0.472 e. The minimum atomic E-state index is -4.96. The number of aliphatic hydroxyl groups excluding tert-OH is 2. The molecular formula is C97H160O16P2. The number of carbonyl (C=O) groups is 3. The lowest BCUT2D eigenvalue weighted by Crippen LogP contribution is -2.30. The van der Waals surface area contributed by atoms with E-state index >= 15 is 0 Å². The fourth-order valence-electron chi connectivity index (χ4n) is 11.6. The van der Waals surface area contributed by atoms with Gasteiger partial charge in [0.05, 0.1) is 26.4 Å². The monoisotopic (exact) mass is 1640 g/mol. The van der Waals surface area contributed by atoms with E-state index in [-0.39, 0.29) is 19.3 Å². The van der Waals surface area contributed by atoms with E-state index < -0.39 is 91.5 Å². The van der Waals surface area contributed by atoms with E-state index in [1.54, 1.807) is 0 Å². The molecule has 0 aliphatic carbocycles. The Labute approximate surface area is 699 Å². The van der Waals surface area contributed by atoms with Crippen molar-refractivity contribution in [2.45, 2.75) is 360 Å². The summed E-state index contributed by atoms with van der Waals surface area (Å²) in [6, 6.07) is 0. The number of allylic oxidation sites excluding steroid dienone is 32. The number of phosphoric ester groups is 2. The van der Waals surface area contributed by atoms with Crippen molar-refractivity contribution in [2.75, 3.05) is 39.6 Å². The Morgan fingerprint density at radius 1 is 0.243 bits per heavy atom. The highest BCUT2D eigenvalue weighted by Gasteiger charge is 2.29. The van der Waals surface area contributed by atoms with Gasteiger partial charge in [-0.2, -0.15) is 0 Å². The molecule has 0 fully saturated rings. The van der Waals surface area contributed by atoms with Crippen LogP contribution in [0.25, 0.3) is 0 Å². The second kappa shape index (κ2) is 87.7. The molecule has 0 aromatic rings. The zero-order chi connectivity index (χ0) is 83.6. The zero-order valence-electron chi connectivity index (χ0n) is 71.9. The second-order valence-corrected chi connectivity index (χ2v) is 32.2. The molecule has 16 nitrogen and oxygen atoms in total. The molecule has 0 aromatic carbocycles. The number of aliphatic hydroxyl groups is 2. The van der Waals surface area contributed by atoms with E-state index in [1.807, 2.05) is 12.2 Å². The third kappa shape index (κ3) is 89.0. The normalized spacial score (nSPS) is 14.7. The number of unbranched alkanes of at least 4 members (excludes halogenated alkanes) is 28. The SMILES string of the molecule is CC/C=C\C/C=C\C/C=C\C/C=C\C/C=C\C/C=C\CCCCCCCCCCCCCCCCCCC(=O)OCC(O)COP(=O)(O)OCC(O)COP(=O)(O)OCC(COC(=O)CCCCCCCCCCCCC/C=C\C/C=C\C/C=C\C/C=C\C/C=C\CC)OC(=O)CCC/C=C\C/C=C\C/C=C\C/C=C\C/C=C\CC. The number of hydrogen-bond acceptors (Lipinski definition) is 14. The van der Waals surface area contributed by atoms with Crippen molar-refractivity contribution in [1.82, 2.24) is 0 Å². The van der Waals surface area contributed by atoms with E-state index in [1.165, 1.54) is 122 Å². The maximum absolute atomic E-state index is 13.0.